The van der Waals surface area contributed by atoms with Crippen molar-refractivity contribution in [1.82, 2.24) is 14.9 Å². The van der Waals surface area contributed by atoms with Gasteiger partial charge in [-0.2, -0.15) is 0 Å². The first-order valence-electron chi connectivity index (χ1n) is 9.23. The van der Waals surface area contributed by atoms with Gasteiger partial charge in [0, 0.05) is 6.54 Å². The number of fused-ring (bicyclic) bond motifs is 1. The average molecular weight is 421 g/mol. The smallest absolute Gasteiger partial charge is 0.338 e. The summed E-state index contributed by atoms with van der Waals surface area (Å²) in [6.07, 6.45) is 0.323. The molecule has 0 spiro atoms. The van der Waals surface area contributed by atoms with Crippen LogP contribution in [0.1, 0.15) is 36.3 Å². The summed E-state index contributed by atoms with van der Waals surface area (Å²) < 4.78 is 29.9. The van der Waals surface area contributed by atoms with E-state index in [1.165, 1.54) is 12.1 Å². The van der Waals surface area contributed by atoms with E-state index < -0.39 is 33.9 Å². The molecule has 2 aromatic rings. The fourth-order valence-corrected chi connectivity index (χ4v) is 5.60. The van der Waals surface area contributed by atoms with Crippen molar-refractivity contribution in [2.45, 2.75) is 39.3 Å². The zero-order valence-electron chi connectivity index (χ0n) is 16.5. The van der Waals surface area contributed by atoms with E-state index in [0.29, 0.717) is 29.7 Å². The van der Waals surface area contributed by atoms with Crippen LogP contribution in [0.2, 0.25) is 0 Å². The second kappa shape index (κ2) is 7.58. The summed E-state index contributed by atoms with van der Waals surface area (Å²) in [6.45, 7) is 5.05. The van der Waals surface area contributed by atoms with Gasteiger partial charge >= 0.3 is 5.97 Å². The molecule has 0 aliphatic carbocycles. The summed E-state index contributed by atoms with van der Waals surface area (Å²) in [4.78, 5) is 40.8. The van der Waals surface area contributed by atoms with Crippen molar-refractivity contribution in [2.75, 3.05) is 18.1 Å². The molecule has 3 rings (SSSR count). The van der Waals surface area contributed by atoms with Crippen LogP contribution < -0.4 is 10.9 Å². The molecule has 1 aliphatic rings. The summed E-state index contributed by atoms with van der Waals surface area (Å²) in [6, 6.07) is 4.64. The second-order valence-electron chi connectivity index (χ2n) is 7.48. The van der Waals surface area contributed by atoms with Gasteiger partial charge in [0.05, 0.1) is 33.6 Å². The highest BCUT2D eigenvalue weighted by molar-refractivity contribution is 7.91. The number of hydrogen-bond donors (Lipinski definition) is 1. The van der Waals surface area contributed by atoms with Gasteiger partial charge in [-0.1, -0.05) is 0 Å². The molecule has 1 unspecified atom stereocenters. The number of aromatic nitrogens is 2. The monoisotopic (exact) mass is 421 g/mol. The fourth-order valence-electron chi connectivity index (χ4n) is 3.51. The van der Waals surface area contributed by atoms with Crippen LogP contribution in [-0.4, -0.2) is 53.5 Å². The van der Waals surface area contributed by atoms with Crippen molar-refractivity contribution in [3.05, 3.63) is 39.8 Å². The van der Waals surface area contributed by atoms with Crippen molar-refractivity contribution >= 4 is 32.7 Å². The first-order valence-corrected chi connectivity index (χ1v) is 11.1. The van der Waals surface area contributed by atoms with Gasteiger partial charge in [0.25, 0.3) is 11.5 Å². The molecule has 1 saturated heterocycles. The highest BCUT2D eigenvalue weighted by Crippen LogP contribution is 2.22. The number of carbonyl (C=O) groups is 2. The Morgan fingerprint density at radius 2 is 2.07 bits per heavy atom. The van der Waals surface area contributed by atoms with Gasteiger partial charge in [-0.15, -0.1) is 0 Å². The Kier molecular flexibility index (Phi) is 5.48. The minimum Gasteiger partial charge on any atom is -0.452 e. The van der Waals surface area contributed by atoms with Gasteiger partial charge in [-0.25, -0.2) is 18.2 Å². The number of nitrogens with zero attached hydrogens (tertiary/aromatic N) is 2. The van der Waals surface area contributed by atoms with E-state index >= 15 is 0 Å². The number of sulfone groups is 1. The topological polar surface area (TPSA) is 124 Å². The Morgan fingerprint density at radius 3 is 2.69 bits per heavy atom. The van der Waals surface area contributed by atoms with Gasteiger partial charge in [-0.05, 0) is 45.4 Å². The van der Waals surface area contributed by atoms with Crippen LogP contribution in [0.4, 0.5) is 0 Å². The predicted octanol–water partition coefficient (Wildman–Crippen LogP) is 0.575. The number of esters is 1. The van der Waals surface area contributed by atoms with E-state index in [-0.39, 0.29) is 22.6 Å². The van der Waals surface area contributed by atoms with E-state index in [9.17, 15) is 22.8 Å². The molecule has 0 radical (unpaired) electrons. The molecule has 1 atom stereocenters. The zero-order valence-corrected chi connectivity index (χ0v) is 17.3. The molecule has 1 aromatic heterocycles. The van der Waals surface area contributed by atoms with Crippen LogP contribution in [0, 0.1) is 6.92 Å². The van der Waals surface area contributed by atoms with Crippen LogP contribution in [0.15, 0.2) is 23.0 Å². The van der Waals surface area contributed by atoms with Gasteiger partial charge in [-0.3, -0.25) is 9.59 Å². The number of amides is 1. The third-order valence-electron chi connectivity index (χ3n) is 4.94. The maximum atomic E-state index is 12.3. The minimum absolute atomic E-state index is 0.0237. The molecule has 1 aromatic carbocycles. The lowest BCUT2D eigenvalue weighted by molar-refractivity contribution is -0.125. The maximum Gasteiger partial charge on any atom is 0.338 e. The molecule has 9 nitrogen and oxygen atoms in total. The van der Waals surface area contributed by atoms with Crippen LogP contribution in [-0.2, 0) is 25.9 Å². The van der Waals surface area contributed by atoms with E-state index in [0.717, 1.165) is 0 Å². The molecular formula is C19H23N3O6S. The van der Waals surface area contributed by atoms with Crippen molar-refractivity contribution in [3.63, 3.8) is 0 Å². The predicted molar refractivity (Wildman–Crippen MR) is 107 cm³/mol. The average Bonchev–Trinajstić information content (AvgIpc) is 2.93. The fraction of sp³-hybridized carbons (Fsp3) is 0.474. The first-order chi connectivity index (χ1) is 13.5. The summed E-state index contributed by atoms with van der Waals surface area (Å²) in [5.74, 6) is -1.38. The SMILES string of the molecule is CCn1c(=O)c(C)nc2cc(C(=O)OCC(=O)NC3(C)CCS(=O)(=O)C3)ccc21. The highest BCUT2D eigenvalue weighted by Gasteiger charge is 2.39. The number of hydrogen-bond acceptors (Lipinski definition) is 7. The number of aryl methyl sites for hydroxylation is 2. The minimum atomic E-state index is -3.16. The Morgan fingerprint density at radius 1 is 1.34 bits per heavy atom. The Hall–Kier alpha value is -2.75. The number of nitrogens with one attached hydrogen (secondary N) is 1. The summed E-state index contributed by atoms with van der Waals surface area (Å²) in [5, 5.41) is 2.63. The number of ether oxygens (including phenoxy) is 1. The van der Waals surface area contributed by atoms with Gasteiger partial charge in [0.2, 0.25) is 0 Å². The molecule has 0 saturated carbocycles. The van der Waals surface area contributed by atoms with Crippen molar-refractivity contribution in [3.8, 4) is 0 Å². The molecule has 29 heavy (non-hydrogen) atoms. The number of benzene rings is 1. The molecule has 1 N–H and O–H groups in total. The van der Waals surface area contributed by atoms with Crippen LogP contribution >= 0.6 is 0 Å². The molecule has 0 bridgehead atoms. The van der Waals surface area contributed by atoms with Gasteiger partial charge in [0.15, 0.2) is 16.4 Å². The standard InChI is InChI=1S/C19H23N3O6S/c1-4-22-15-6-5-13(9-14(15)20-12(2)17(22)24)18(25)28-10-16(23)21-19(3)7-8-29(26,27)11-19/h5-6,9H,4,7-8,10-11H2,1-3H3,(H,21,23). The van der Waals surface area contributed by atoms with Crippen LogP contribution in [0.25, 0.3) is 11.0 Å². The number of carbonyl (C=O) groups excluding carboxylic acids is 2. The van der Waals surface area contributed by atoms with E-state index in [1.54, 1.807) is 24.5 Å². The molecule has 156 valence electrons. The molecule has 1 fully saturated rings. The van der Waals surface area contributed by atoms with E-state index in [2.05, 4.69) is 10.3 Å². The largest absolute Gasteiger partial charge is 0.452 e. The normalized spacial score (nSPS) is 20.5. The van der Waals surface area contributed by atoms with E-state index in [1.807, 2.05) is 6.92 Å². The summed E-state index contributed by atoms with van der Waals surface area (Å²) >= 11 is 0. The van der Waals surface area contributed by atoms with Gasteiger partial charge in [0.1, 0.15) is 5.69 Å². The molecule has 10 heteroatoms. The lowest BCUT2D eigenvalue weighted by Crippen LogP contribution is -2.48. The highest BCUT2D eigenvalue weighted by atomic mass is 32.2. The zero-order chi connectivity index (χ0) is 21.4. The van der Waals surface area contributed by atoms with E-state index in [4.69, 9.17) is 4.74 Å². The molecule has 1 amide bonds. The second-order valence-corrected chi connectivity index (χ2v) is 9.66. The summed E-state index contributed by atoms with van der Waals surface area (Å²) in [7, 11) is -3.16. The Labute approximate surface area is 168 Å². The van der Waals surface area contributed by atoms with Crippen LogP contribution in [0.5, 0.6) is 0 Å². The molecule has 1 aliphatic heterocycles. The van der Waals surface area contributed by atoms with Crippen molar-refractivity contribution < 1.29 is 22.7 Å². The maximum absolute atomic E-state index is 12.3. The van der Waals surface area contributed by atoms with Crippen LogP contribution in [0.3, 0.4) is 0 Å². The summed E-state index contributed by atoms with van der Waals surface area (Å²) in [5.41, 5.74) is 0.571. The molecular weight excluding hydrogens is 398 g/mol. The first kappa shape index (κ1) is 21.0. The Bertz CT molecular complexity index is 1150. The van der Waals surface area contributed by atoms with Gasteiger partial charge < -0.3 is 14.6 Å². The number of rotatable bonds is 5. The Balaban J connectivity index is 1.69. The van der Waals surface area contributed by atoms with Crippen molar-refractivity contribution in [1.29, 1.82) is 0 Å². The third kappa shape index (κ3) is 4.47. The van der Waals surface area contributed by atoms with Crippen molar-refractivity contribution in [2.24, 2.45) is 0 Å². The lowest BCUT2D eigenvalue weighted by Gasteiger charge is -2.23. The lowest BCUT2D eigenvalue weighted by atomic mass is 10.0. The quantitative estimate of drug-likeness (QED) is 0.700. The molecule has 2 heterocycles. The third-order valence-corrected chi connectivity index (χ3v) is 6.84.